The van der Waals surface area contributed by atoms with E-state index in [9.17, 15) is 13.2 Å². The van der Waals surface area contributed by atoms with E-state index in [0.717, 1.165) is 6.07 Å². The summed E-state index contributed by atoms with van der Waals surface area (Å²) in [5, 5.41) is 0. The zero-order valence-electron chi connectivity index (χ0n) is 11.7. The fourth-order valence-corrected chi connectivity index (χ4v) is 1.09. The van der Waals surface area contributed by atoms with Crippen molar-refractivity contribution >= 4 is 5.95 Å². The molecule has 0 amide bonds. The van der Waals surface area contributed by atoms with E-state index >= 15 is 0 Å². The van der Waals surface area contributed by atoms with Crippen molar-refractivity contribution in [1.29, 1.82) is 0 Å². The van der Waals surface area contributed by atoms with Crippen molar-refractivity contribution in [1.82, 2.24) is 14.9 Å². The lowest BCUT2D eigenvalue weighted by atomic mass is 10.1. The maximum atomic E-state index is 12.7. The molecule has 20 heavy (non-hydrogen) atoms. The molecule has 0 spiro atoms. The van der Waals surface area contributed by atoms with Crippen LogP contribution in [0.2, 0.25) is 0 Å². The van der Waals surface area contributed by atoms with E-state index < -0.39 is 11.9 Å². The third-order valence-corrected chi connectivity index (χ3v) is 2.91. The lowest BCUT2D eigenvalue weighted by molar-refractivity contribution is -0.141. The number of hydrazine groups is 1. The molecule has 0 atom stereocenters. The molecule has 9 heteroatoms. The highest BCUT2D eigenvalue weighted by Gasteiger charge is 2.34. The maximum absolute atomic E-state index is 12.7. The van der Waals surface area contributed by atoms with E-state index in [4.69, 9.17) is 10.6 Å². The fraction of sp³-hybridized carbons (Fsp3) is 0.636. The smallest absolute Gasteiger partial charge is 0.433 e. The highest BCUT2D eigenvalue weighted by Crippen LogP contribution is 2.30. The van der Waals surface area contributed by atoms with Crippen LogP contribution in [0.3, 0.4) is 0 Å². The Bertz CT molecular complexity index is 462. The van der Waals surface area contributed by atoms with Crippen molar-refractivity contribution in [3.8, 4) is 5.88 Å². The number of hydrogen-bond acceptors (Lipinski definition) is 6. The maximum Gasteiger partial charge on any atom is 0.433 e. The minimum atomic E-state index is -4.59. The van der Waals surface area contributed by atoms with Gasteiger partial charge in [-0.3, -0.25) is 5.43 Å². The average Bonchev–Trinajstić information content (AvgIpc) is 2.34. The monoisotopic (exact) mass is 293 g/mol. The number of nitrogens with zero attached hydrogens (tertiary/aromatic N) is 3. The van der Waals surface area contributed by atoms with E-state index in [1.54, 1.807) is 0 Å². The number of ether oxygens (including phenoxy) is 1. The summed E-state index contributed by atoms with van der Waals surface area (Å²) >= 11 is 0. The van der Waals surface area contributed by atoms with Gasteiger partial charge >= 0.3 is 6.18 Å². The number of alkyl halides is 3. The van der Waals surface area contributed by atoms with Crippen LogP contribution in [0.25, 0.3) is 0 Å². The standard InChI is InChI=1S/C11H18F3N5O/c1-10(2,19(3)4)6-20-8-5-7(11(12,13)14)16-9(17-8)18-15/h5H,6,15H2,1-4H3,(H,16,17,18). The van der Waals surface area contributed by atoms with Gasteiger partial charge in [-0.15, -0.1) is 0 Å². The molecule has 1 heterocycles. The van der Waals surface area contributed by atoms with Crippen molar-refractivity contribution in [3.63, 3.8) is 0 Å². The highest BCUT2D eigenvalue weighted by molar-refractivity contribution is 5.30. The van der Waals surface area contributed by atoms with Crippen molar-refractivity contribution in [2.24, 2.45) is 5.84 Å². The van der Waals surface area contributed by atoms with Gasteiger partial charge in [0.1, 0.15) is 6.61 Å². The summed E-state index contributed by atoms with van der Waals surface area (Å²) in [6.45, 7) is 3.94. The summed E-state index contributed by atoms with van der Waals surface area (Å²) < 4.78 is 43.3. The Morgan fingerprint density at radius 2 is 1.90 bits per heavy atom. The number of hydrogen-bond donors (Lipinski definition) is 2. The number of nitrogens with two attached hydrogens (primary N) is 1. The summed E-state index contributed by atoms with van der Waals surface area (Å²) in [6, 6.07) is 0.743. The van der Waals surface area contributed by atoms with Crippen LogP contribution in [0, 0.1) is 0 Å². The van der Waals surface area contributed by atoms with E-state index in [0.29, 0.717) is 0 Å². The number of halogens is 3. The predicted molar refractivity (Wildman–Crippen MR) is 68.1 cm³/mol. The largest absolute Gasteiger partial charge is 0.476 e. The molecule has 0 bridgehead atoms. The molecular weight excluding hydrogens is 275 g/mol. The van der Waals surface area contributed by atoms with Gasteiger partial charge in [-0.05, 0) is 27.9 Å². The van der Waals surface area contributed by atoms with Crippen LogP contribution in [0.4, 0.5) is 19.1 Å². The SMILES string of the molecule is CN(C)C(C)(C)COc1cc(C(F)(F)F)nc(NN)n1. The van der Waals surface area contributed by atoms with Crippen LogP contribution in [0.15, 0.2) is 6.07 Å². The number of likely N-dealkylation sites (N-methyl/N-ethyl adjacent to an activating group) is 1. The Morgan fingerprint density at radius 3 is 2.35 bits per heavy atom. The third kappa shape index (κ3) is 4.20. The van der Waals surface area contributed by atoms with Crippen LogP contribution < -0.4 is 16.0 Å². The number of nitrogen functional groups attached to an aromatic ring is 1. The Morgan fingerprint density at radius 1 is 1.30 bits per heavy atom. The first-order valence-corrected chi connectivity index (χ1v) is 5.79. The highest BCUT2D eigenvalue weighted by atomic mass is 19.4. The van der Waals surface area contributed by atoms with Crippen LogP contribution >= 0.6 is 0 Å². The summed E-state index contributed by atoms with van der Waals surface area (Å²) in [7, 11) is 3.69. The molecule has 0 aromatic carbocycles. The second-order valence-corrected chi connectivity index (χ2v) is 5.05. The summed E-state index contributed by atoms with van der Waals surface area (Å²) in [5.41, 5.74) is 0.513. The van der Waals surface area contributed by atoms with Crippen molar-refractivity contribution < 1.29 is 17.9 Å². The van der Waals surface area contributed by atoms with Crippen LogP contribution in [0.5, 0.6) is 5.88 Å². The van der Waals surface area contributed by atoms with Crippen molar-refractivity contribution in [2.45, 2.75) is 25.6 Å². The first kappa shape index (κ1) is 16.4. The van der Waals surface area contributed by atoms with Crippen molar-refractivity contribution in [3.05, 3.63) is 11.8 Å². The number of aromatic nitrogens is 2. The van der Waals surface area contributed by atoms with Crippen LogP contribution in [0.1, 0.15) is 19.5 Å². The van der Waals surface area contributed by atoms with E-state index in [-0.39, 0.29) is 24.0 Å². The molecule has 1 aromatic heterocycles. The number of rotatable bonds is 5. The average molecular weight is 293 g/mol. The minimum Gasteiger partial charge on any atom is -0.476 e. The topological polar surface area (TPSA) is 76.3 Å². The molecule has 0 saturated carbocycles. The van der Waals surface area contributed by atoms with Crippen LogP contribution in [-0.2, 0) is 6.18 Å². The molecular formula is C11H18F3N5O. The first-order valence-electron chi connectivity index (χ1n) is 5.79. The first-order chi connectivity index (χ1) is 9.06. The van der Waals surface area contributed by atoms with Gasteiger partial charge in [0.15, 0.2) is 5.69 Å². The molecule has 0 aliphatic rings. The molecule has 0 aliphatic carbocycles. The van der Waals surface area contributed by atoms with E-state index in [1.165, 1.54) is 0 Å². The fourth-order valence-electron chi connectivity index (χ4n) is 1.09. The molecule has 1 aromatic rings. The molecule has 0 saturated heterocycles. The minimum absolute atomic E-state index is 0.165. The number of nitrogens with one attached hydrogen (secondary N) is 1. The van der Waals surface area contributed by atoms with Gasteiger partial charge < -0.3 is 9.64 Å². The molecule has 0 radical (unpaired) electrons. The molecule has 3 N–H and O–H groups in total. The van der Waals surface area contributed by atoms with Crippen molar-refractivity contribution in [2.75, 3.05) is 26.1 Å². The van der Waals surface area contributed by atoms with Gasteiger partial charge in [0.25, 0.3) is 0 Å². The molecule has 114 valence electrons. The molecule has 0 unspecified atom stereocenters. The molecule has 0 fully saturated rings. The van der Waals surface area contributed by atoms with E-state index in [1.807, 2.05) is 38.3 Å². The molecule has 0 aliphatic heterocycles. The molecule has 6 nitrogen and oxygen atoms in total. The Labute approximate surface area is 115 Å². The van der Waals surface area contributed by atoms with Gasteiger partial charge in [0.05, 0.1) is 0 Å². The zero-order valence-corrected chi connectivity index (χ0v) is 11.7. The molecule has 1 rings (SSSR count). The van der Waals surface area contributed by atoms with Gasteiger partial charge in [0, 0.05) is 11.6 Å². The van der Waals surface area contributed by atoms with Gasteiger partial charge in [0.2, 0.25) is 11.8 Å². The second-order valence-electron chi connectivity index (χ2n) is 5.05. The quantitative estimate of drug-likeness (QED) is 0.633. The summed E-state index contributed by atoms with van der Waals surface area (Å²) in [6.07, 6.45) is -4.59. The Kier molecular flexibility index (Phi) is 4.77. The number of anilines is 1. The van der Waals surface area contributed by atoms with Gasteiger partial charge in [-0.2, -0.15) is 18.2 Å². The second kappa shape index (κ2) is 5.80. The lowest BCUT2D eigenvalue weighted by Crippen LogP contribution is -2.43. The third-order valence-electron chi connectivity index (χ3n) is 2.91. The van der Waals surface area contributed by atoms with Gasteiger partial charge in [-0.25, -0.2) is 10.8 Å². The lowest BCUT2D eigenvalue weighted by Gasteiger charge is -2.31. The summed E-state index contributed by atoms with van der Waals surface area (Å²) in [5.74, 6) is 4.52. The predicted octanol–water partition coefficient (Wildman–Crippen LogP) is 1.50. The zero-order chi connectivity index (χ0) is 15.6. The van der Waals surface area contributed by atoms with Crippen LogP contribution in [-0.4, -0.2) is 41.1 Å². The Balaban J connectivity index is 2.96. The Hall–Kier alpha value is -1.61. The van der Waals surface area contributed by atoms with E-state index in [2.05, 4.69) is 9.97 Å². The normalized spacial score (nSPS) is 12.7. The van der Waals surface area contributed by atoms with Gasteiger partial charge in [-0.1, -0.05) is 0 Å². The summed E-state index contributed by atoms with van der Waals surface area (Å²) in [4.78, 5) is 8.87.